The quantitative estimate of drug-likeness (QED) is 0.499. The molecule has 2 unspecified atom stereocenters. The van der Waals surface area contributed by atoms with Crippen molar-refractivity contribution in [3.8, 4) is 0 Å². The number of esters is 1. The number of hydrogen-bond donors (Lipinski definition) is 0. The van der Waals surface area contributed by atoms with Gasteiger partial charge in [-0.1, -0.05) is 25.5 Å². The predicted octanol–water partition coefficient (Wildman–Crippen LogP) is 2.54. The Balaban J connectivity index is 2.07. The first-order valence-corrected chi connectivity index (χ1v) is 5.31. The van der Waals surface area contributed by atoms with Gasteiger partial charge in [0.2, 0.25) is 0 Å². The Hall–Kier alpha value is -0.790. The van der Waals surface area contributed by atoms with Gasteiger partial charge in [-0.2, -0.15) is 0 Å². The highest BCUT2D eigenvalue weighted by molar-refractivity contribution is 5.72. The summed E-state index contributed by atoms with van der Waals surface area (Å²) in [4.78, 5) is 11.2. The first-order valence-electron chi connectivity index (χ1n) is 5.31. The molecule has 1 saturated carbocycles. The smallest absolute Gasteiger partial charge is 0.309 e. The normalized spacial score (nSPS) is 32.9. The minimum Gasteiger partial charge on any atom is -0.469 e. The van der Waals surface area contributed by atoms with Gasteiger partial charge < -0.3 is 4.74 Å². The summed E-state index contributed by atoms with van der Waals surface area (Å²) in [5.74, 6) is 1.37. The van der Waals surface area contributed by atoms with Crippen LogP contribution in [-0.4, -0.2) is 13.1 Å². The Morgan fingerprint density at radius 2 is 2.36 bits per heavy atom. The molecule has 0 radical (unpaired) electrons. The molecule has 0 amide bonds. The third-order valence-corrected chi connectivity index (χ3v) is 4.16. The van der Waals surface area contributed by atoms with Crippen molar-refractivity contribution in [2.75, 3.05) is 7.11 Å². The second-order valence-electron chi connectivity index (χ2n) is 5.07. The van der Waals surface area contributed by atoms with Crippen LogP contribution in [0.3, 0.4) is 0 Å². The first kappa shape index (κ1) is 9.75. The van der Waals surface area contributed by atoms with Crippen LogP contribution in [0.5, 0.6) is 0 Å². The number of carbonyl (C=O) groups is 1. The average Bonchev–Trinajstić information content (AvgIpc) is 2.17. The van der Waals surface area contributed by atoms with Crippen molar-refractivity contribution < 1.29 is 9.53 Å². The molecular weight excluding hydrogens is 176 g/mol. The molecule has 2 nitrogen and oxygen atoms in total. The van der Waals surface area contributed by atoms with Crippen LogP contribution in [0.25, 0.3) is 0 Å². The summed E-state index contributed by atoms with van der Waals surface area (Å²) in [7, 11) is 1.46. The lowest BCUT2D eigenvalue weighted by atomic mass is 9.48. The van der Waals surface area contributed by atoms with Crippen LogP contribution < -0.4 is 0 Å². The first-order chi connectivity index (χ1) is 6.55. The molecule has 0 aromatic rings. The van der Waals surface area contributed by atoms with E-state index in [1.54, 1.807) is 0 Å². The lowest BCUT2D eigenvalue weighted by Gasteiger charge is -2.56. The molecule has 3 aliphatic carbocycles. The topological polar surface area (TPSA) is 26.3 Å². The van der Waals surface area contributed by atoms with Crippen LogP contribution in [0.4, 0.5) is 0 Å². The van der Waals surface area contributed by atoms with Gasteiger partial charge in [0, 0.05) is 0 Å². The van der Waals surface area contributed by atoms with E-state index in [9.17, 15) is 4.79 Å². The molecule has 0 N–H and O–H groups in total. The van der Waals surface area contributed by atoms with Gasteiger partial charge in [0.15, 0.2) is 0 Å². The molecule has 3 rings (SSSR count). The Morgan fingerprint density at radius 1 is 1.64 bits per heavy atom. The maximum absolute atomic E-state index is 11.2. The van der Waals surface area contributed by atoms with Gasteiger partial charge in [-0.3, -0.25) is 4.79 Å². The van der Waals surface area contributed by atoms with E-state index in [1.807, 2.05) is 0 Å². The highest BCUT2D eigenvalue weighted by Crippen LogP contribution is 2.59. The van der Waals surface area contributed by atoms with Crippen molar-refractivity contribution in [2.24, 2.45) is 17.3 Å². The molecule has 0 aliphatic heterocycles. The number of fused-ring (bicyclic) bond motifs is 1. The molecule has 78 valence electrons. The van der Waals surface area contributed by atoms with Crippen molar-refractivity contribution in [1.29, 1.82) is 0 Å². The fourth-order valence-corrected chi connectivity index (χ4v) is 2.92. The van der Waals surface area contributed by atoms with Gasteiger partial charge in [-0.05, 0) is 30.1 Å². The van der Waals surface area contributed by atoms with Crippen LogP contribution in [-0.2, 0) is 9.53 Å². The van der Waals surface area contributed by atoms with Crippen LogP contribution >= 0.6 is 0 Å². The average molecular weight is 194 g/mol. The van der Waals surface area contributed by atoms with E-state index in [0.29, 0.717) is 17.8 Å². The van der Waals surface area contributed by atoms with Crippen LogP contribution in [0.2, 0.25) is 0 Å². The third-order valence-electron chi connectivity index (χ3n) is 4.16. The van der Waals surface area contributed by atoms with Gasteiger partial charge in [-0.25, -0.2) is 0 Å². The molecule has 14 heavy (non-hydrogen) atoms. The second-order valence-corrected chi connectivity index (χ2v) is 5.07. The Morgan fingerprint density at radius 3 is 2.86 bits per heavy atom. The zero-order valence-electron chi connectivity index (χ0n) is 9.17. The van der Waals surface area contributed by atoms with Gasteiger partial charge in [0.05, 0.1) is 13.5 Å². The number of carbonyl (C=O) groups excluding carboxylic acids is 1. The number of allylic oxidation sites excluding steroid dienone is 1. The molecule has 3 aliphatic rings. The molecule has 0 heterocycles. The number of methoxy groups -OCH3 is 1. The van der Waals surface area contributed by atoms with Crippen molar-refractivity contribution in [3.63, 3.8) is 0 Å². The van der Waals surface area contributed by atoms with Crippen LogP contribution in [0.1, 0.15) is 33.1 Å². The van der Waals surface area contributed by atoms with Gasteiger partial charge in [0.25, 0.3) is 0 Å². The molecule has 1 fully saturated rings. The molecule has 0 saturated heterocycles. The zero-order chi connectivity index (χ0) is 10.3. The maximum atomic E-state index is 11.2. The van der Waals surface area contributed by atoms with E-state index in [-0.39, 0.29) is 5.97 Å². The largest absolute Gasteiger partial charge is 0.469 e. The number of ether oxygens (including phenoxy) is 1. The van der Waals surface area contributed by atoms with E-state index in [1.165, 1.54) is 19.1 Å². The van der Waals surface area contributed by atoms with Gasteiger partial charge >= 0.3 is 5.97 Å². The molecule has 0 aromatic heterocycles. The van der Waals surface area contributed by atoms with Crippen LogP contribution in [0, 0.1) is 17.3 Å². The SMILES string of the molecule is COC(=O)CC1=CCC2CC1C2(C)C. The van der Waals surface area contributed by atoms with Gasteiger partial charge in [-0.15, -0.1) is 0 Å². The lowest BCUT2D eigenvalue weighted by Crippen LogP contribution is -2.48. The Kier molecular flexibility index (Phi) is 2.17. The molecule has 0 aromatic carbocycles. The molecular formula is C12H18O2. The summed E-state index contributed by atoms with van der Waals surface area (Å²) >= 11 is 0. The van der Waals surface area contributed by atoms with Crippen molar-refractivity contribution >= 4 is 5.97 Å². The fourth-order valence-electron chi connectivity index (χ4n) is 2.92. The summed E-state index contributed by atoms with van der Waals surface area (Å²) in [6, 6.07) is 0. The maximum Gasteiger partial charge on any atom is 0.309 e. The highest BCUT2D eigenvalue weighted by atomic mass is 16.5. The molecule has 2 atom stereocenters. The summed E-state index contributed by atoms with van der Waals surface area (Å²) in [6.45, 7) is 4.63. The minimum absolute atomic E-state index is 0.0996. The lowest BCUT2D eigenvalue weighted by molar-refractivity contribution is -0.140. The minimum atomic E-state index is -0.0996. The second kappa shape index (κ2) is 3.11. The Bertz CT molecular complexity index is 289. The van der Waals surface area contributed by atoms with Crippen molar-refractivity contribution in [1.82, 2.24) is 0 Å². The molecule has 2 heteroatoms. The Labute approximate surface area is 85.3 Å². The van der Waals surface area contributed by atoms with Crippen LogP contribution in [0.15, 0.2) is 11.6 Å². The van der Waals surface area contributed by atoms with E-state index >= 15 is 0 Å². The number of hydrogen-bond acceptors (Lipinski definition) is 2. The summed E-state index contributed by atoms with van der Waals surface area (Å²) in [6.07, 6.45) is 5.17. The summed E-state index contributed by atoms with van der Waals surface area (Å²) in [5.41, 5.74) is 1.72. The van der Waals surface area contributed by atoms with Gasteiger partial charge in [0.1, 0.15) is 0 Å². The summed E-state index contributed by atoms with van der Waals surface area (Å²) < 4.78 is 4.71. The van der Waals surface area contributed by atoms with Crippen molar-refractivity contribution in [3.05, 3.63) is 11.6 Å². The predicted molar refractivity (Wildman–Crippen MR) is 54.7 cm³/mol. The fraction of sp³-hybridized carbons (Fsp3) is 0.750. The van der Waals surface area contributed by atoms with E-state index in [0.717, 1.165) is 12.3 Å². The molecule has 0 spiro atoms. The van der Waals surface area contributed by atoms with E-state index in [2.05, 4.69) is 19.9 Å². The number of rotatable bonds is 2. The molecule has 2 bridgehead atoms. The van der Waals surface area contributed by atoms with E-state index in [4.69, 9.17) is 4.74 Å². The van der Waals surface area contributed by atoms with E-state index < -0.39 is 0 Å². The monoisotopic (exact) mass is 194 g/mol. The standard InChI is InChI=1S/C12H18O2/c1-12(2)9-5-4-8(10(12)7-9)6-11(13)14-3/h4,9-10H,5-7H2,1-3H3. The third kappa shape index (κ3) is 1.28. The summed E-state index contributed by atoms with van der Waals surface area (Å²) in [5, 5.41) is 0. The zero-order valence-corrected chi connectivity index (χ0v) is 9.17. The van der Waals surface area contributed by atoms with Crippen molar-refractivity contribution in [2.45, 2.75) is 33.1 Å². The highest BCUT2D eigenvalue weighted by Gasteiger charge is 2.51.